The van der Waals surface area contributed by atoms with Crippen LogP contribution in [0, 0.1) is 10.1 Å². The monoisotopic (exact) mass is 309 g/mol. The summed E-state index contributed by atoms with van der Waals surface area (Å²) < 4.78 is 0. The van der Waals surface area contributed by atoms with Gasteiger partial charge in [0.05, 0.1) is 9.82 Å². The zero-order valence-corrected chi connectivity index (χ0v) is 11.9. The maximum Gasteiger partial charge on any atom is 0.307 e. The average Bonchev–Trinajstić information content (AvgIpc) is 2.46. The number of nitrogens with zero attached hydrogens (tertiary/aromatic N) is 1. The number of halogens is 1. The summed E-state index contributed by atoms with van der Waals surface area (Å²) >= 11 is 7.20. The second-order valence-corrected chi connectivity index (χ2v) is 5.42. The van der Waals surface area contributed by atoms with Crippen molar-refractivity contribution >= 4 is 34.7 Å². The number of rotatable bonds is 5. The minimum Gasteiger partial charge on any atom is -0.318 e. The van der Waals surface area contributed by atoms with Gasteiger partial charge in [-0.25, -0.2) is 0 Å². The molecule has 104 valence electrons. The fourth-order valence-electron chi connectivity index (χ4n) is 1.69. The molecule has 0 atom stereocenters. The Balaban J connectivity index is 2.21. The number of hydrazine groups is 1. The van der Waals surface area contributed by atoms with Gasteiger partial charge in [-0.15, -0.1) is 11.8 Å². The first-order valence-corrected chi connectivity index (χ1v) is 7.09. The summed E-state index contributed by atoms with van der Waals surface area (Å²) in [6.07, 6.45) is 0. The van der Waals surface area contributed by atoms with Crippen LogP contribution >= 0.6 is 23.4 Å². The minimum absolute atomic E-state index is 0.00559. The molecule has 0 saturated heterocycles. The molecule has 0 fully saturated rings. The van der Waals surface area contributed by atoms with Crippen LogP contribution in [-0.2, 0) is 5.75 Å². The van der Waals surface area contributed by atoms with E-state index in [1.165, 1.54) is 11.8 Å². The summed E-state index contributed by atoms with van der Waals surface area (Å²) in [5.41, 5.74) is 3.69. The molecule has 5 nitrogen and oxygen atoms in total. The largest absolute Gasteiger partial charge is 0.318 e. The lowest BCUT2D eigenvalue weighted by Crippen LogP contribution is -2.09. The average molecular weight is 310 g/mol. The number of nitrogens with two attached hydrogens (primary N) is 1. The van der Waals surface area contributed by atoms with Crippen molar-refractivity contribution < 1.29 is 4.92 Å². The zero-order valence-electron chi connectivity index (χ0n) is 10.4. The molecule has 0 heterocycles. The highest BCUT2D eigenvalue weighted by Gasteiger charge is 2.19. The van der Waals surface area contributed by atoms with Crippen LogP contribution in [0.3, 0.4) is 0 Å². The third kappa shape index (κ3) is 3.41. The number of hydrogen-bond acceptors (Lipinski definition) is 5. The highest BCUT2D eigenvalue weighted by molar-refractivity contribution is 7.98. The fourth-order valence-corrected chi connectivity index (χ4v) is 2.82. The standard InChI is InChI=1S/C13H12ClN3O2S/c14-10-6-4-9(5-7-10)8-20-12-3-1-2-11(16-15)13(12)17(18)19/h1-7,16H,8,15H2. The molecule has 7 heteroatoms. The van der Waals surface area contributed by atoms with Crippen LogP contribution in [-0.4, -0.2) is 4.92 Å². The molecule has 0 saturated carbocycles. The van der Waals surface area contributed by atoms with Crippen molar-refractivity contribution in [2.75, 3.05) is 5.43 Å². The van der Waals surface area contributed by atoms with Gasteiger partial charge in [0, 0.05) is 10.8 Å². The predicted molar refractivity (Wildman–Crippen MR) is 81.9 cm³/mol. The van der Waals surface area contributed by atoms with Crippen LogP contribution in [0.25, 0.3) is 0 Å². The number of nitro groups is 1. The van der Waals surface area contributed by atoms with Crippen molar-refractivity contribution in [3.05, 3.63) is 63.2 Å². The molecule has 0 spiro atoms. The molecule has 0 aliphatic rings. The Morgan fingerprint density at radius 1 is 1.25 bits per heavy atom. The molecular weight excluding hydrogens is 298 g/mol. The van der Waals surface area contributed by atoms with E-state index in [1.807, 2.05) is 12.1 Å². The number of para-hydroxylation sites is 1. The molecule has 2 rings (SSSR count). The molecule has 20 heavy (non-hydrogen) atoms. The molecule has 0 aliphatic heterocycles. The lowest BCUT2D eigenvalue weighted by Gasteiger charge is -2.07. The van der Waals surface area contributed by atoms with Crippen LogP contribution in [0.4, 0.5) is 11.4 Å². The van der Waals surface area contributed by atoms with Crippen molar-refractivity contribution in [2.45, 2.75) is 10.6 Å². The van der Waals surface area contributed by atoms with Gasteiger partial charge in [-0.1, -0.05) is 29.8 Å². The number of thioether (sulfide) groups is 1. The third-order valence-electron chi connectivity index (χ3n) is 2.64. The lowest BCUT2D eigenvalue weighted by molar-refractivity contribution is -0.386. The number of hydrogen-bond donors (Lipinski definition) is 2. The second kappa shape index (κ2) is 6.60. The number of benzene rings is 2. The maximum atomic E-state index is 11.1. The van der Waals surface area contributed by atoms with Gasteiger partial charge < -0.3 is 5.43 Å². The number of nitrogen functional groups attached to an aromatic ring is 1. The van der Waals surface area contributed by atoms with Crippen molar-refractivity contribution in [3.63, 3.8) is 0 Å². The van der Waals surface area contributed by atoms with Crippen LogP contribution < -0.4 is 11.3 Å². The van der Waals surface area contributed by atoms with E-state index in [0.29, 0.717) is 21.4 Å². The van der Waals surface area contributed by atoms with E-state index in [2.05, 4.69) is 5.43 Å². The first kappa shape index (κ1) is 14.6. The van der Waals surface area contributed by atoms with E-state index in [4.69, 9.17) is 17.4 Å². The molecule has 0 unspecified atom stereocenters. The van der Waals surface area contributed by atoms with Crippen LogP contribution in [0.1, 0.15) is 5.56 Å². The first-order chi connectivity index (χ1) is 9.61. The van der Waals surface area contributed by atoms with E-state index in [0.717, 1.165) is 5.56 Å². The molecule has 2 aromatic carbocycles. The molecule has 0 aliphatic carbocycles. The third-order valence-corrected chi connectivity index (χ3v) is 4.01. The maximum absolute atomic E-state index is 11.1. The van der Waals surface area contributed by atoms with Gasteiger partial charge in [0.25, 0.3) is 0 Å². The van der Waals surface area contributed by atoms with Gasteiger partial charge in [-0.3, -0.25) is 16.0 Å². The van der Waals surface area contributed by atoms with Crippen LogP contribution in [0.15, 0.2) is 47.4 Å². The van der Waals surface area contributed by atoms with Crippen LogP contribution in [0.5, 0.6) is 0 Å². The van der Waals surface area contributed by atoms with E-state index in [9.17, 15) is 10.1 Å². The molecule has 0 aromatic heterocycles. The summed E-state index contributed by atoms with van der Waals surface area (Å²) in [4.78, 5) is 11.3. The molecule has 3 N–H and O–H groups in total. The van der Waals surface area contributed by atoms with E-state index in [-0.39, 0.29) is 5.69 Å². The quantitative estimate of drug-likeness (QED) is 0.380. The molecule has 0 radical (unpaired) electrons. The number of nitrogens with one attached hydrogen (secondary N) is 1. The number of nitro benzene ring substituents is 1. The minimum atomic E-state index is -0.431. The van der Waals surface area contributed by atoms with Gasteiger partial charge in [-0.05, 0) is 29.8 Å². The van der Waals surface area contributed by atoms with E-state index in [1.54, 1.807) is 30.3 Å². The van der Waals surface area contributed by atoms with Crippen molar-refractivity contribution in [1.82, 2.24) is 0 Å². The zero-order chi connectivity index (χ0) is 14.5. The molecular formula is C13H12ClN3O2S. The highest BCUT2D eigenvalue weighted by atomic mass is 35.5. The molecule has 2 aromatic rings. The molecule has 0 amide bonds. The topological polar surface area (TPSA) is 81.2 Å². The summed E-state index contributed by atoms with van der Waals surface area (Å²) in [5, 5.41) is 11.8. The summed E-state index contributed by atoms with van der Waals surface area (Å²) in [6.45, 7) is 0. The summed E-state index contributed by atoms with van der Waals surface area (Å²) in [5.74, 6) is 5.92. The van der Waals surface area contributed by atoms with E-state index >= 15 is 0 Å². The normalized spacial score (nSPS) is 10.3. The Labute approximate surface area is 125 Å². The predicted octanol–water partition coefficient (Wildman–Crippen LogP) is 3.83. The Morgan fingerprint density at radius 2 is 1.95 bits per heavy atom. The number of anilines is 1. The second-order valence-electron chi connectivity index (χ2n) is 3.97. The van der Waals surface area contributed by atoms with Gasteiger partial charge in [0.15, 0.2) is 0 Å². The van der Waals surface area contributed by atoms with E-state index < -0.39 is 4.92 Å². The van der Waals surface area contributed by atoms with Crippen molar-refractivity contribution in [2.24, 2.45) is 5.84 Å². The Bertz CT molecular complexity index is 620. The Hall–Kier alpha value is -1.76. The first-order valence-electron chi connectivity index (χ1n) is 5.73. The fraction of sp³-hybridized carbons (Fsp3) is 0.0769. The van der Waals surface area contributed by atoms with Gasteiger partial charge >= 0.3 is 5.69 Å². The SMILES string of the molecule is NNc1cccc(SCc2ccc(Cl)cc2)c1[N+](=O)[O-]. The lowest BCUT2D eigenvalue weighted by atomic mass is 10.2. The van der Waals surface area contributed by atoms with Gasteiger partial charge in [-0.2, -0.15) is 0 Å². The smallest absolute Gasteiger partial charge is 0.307 e. The Morgan fingerprint density at radius 3 is 2.55 bits per heavy atom. The highest BCUT2D eigenvalue weighted by Crippen LogP contribution is 2.36. The molecule has 0 bridgehead atoms. The van der Waals surface area contributed by atoms with Crippen molar-refractivity contribution in [1.29, 1.82) is 0 Å². The Kier molecular flexibility index (Phi) is 4.84. The van der Waals surface area contributed by atoms with Gasteiger partial charge in [0.2, 0.25) is 0 Å². The van der Waals surface area contributed by atoms with Crippen LogP contribution in [0.2, 0.25) is 5.02 Å². The summed E-state index contributed by atoms with van der Waals surface area (Å²) in [6, 6.07) is 12.4. The van der Waals surface area contributed by atoms with Crippen molar-refractivity contribution in [3.8, 4) is 0 Å². The summed E-state index contributed by atoms with van der Waals surface area (Å²) in [7, 11) is 0. The van der Waals surface area contributed by atoms with Gasteiger partial charge in [0.1, 0.15) is 5.69 Å².